The molecule has 0 aliphatic carbocycles. The van der Waals surface area contributed by atoms with Gasteiger partial charge in [-0.15, -0.1) is 0 Å². The molecule has 0 spiro atoms. The average Bonchev–Trinajstić information content (AvgIpc) is 2.26. The van der Waals surface area contributed by atoms with Gasteiger partial charge in [0.15, 0.2) is 0 Å². The fraction of sp³-hybridized carbons (Fsp3) is 0.364. The van der Waals surface area contributed by atoms with E-state index in [4.69, 9.17) is 21.6 Å². The van der Waals surface area contributed by atoms with E-state index in [1.54, 1.807) is 20.1 Å². The molecule has 80 valence electrons. The Kier molecular flexibility index (Phi) is 4.41. The Hall–Kier alpha value is -1.24. The van der Waals surface area contributed by atoms with E-state index < -0.39 is 0 Å². The summed E-state index contributed by atoms with van der Waals surface area (Å²) in [5.41, 5.74) is 0.951. The fourth-order valence-electron chi connectivity index (χ4n) is 1.19. The number of benzene rings is 1. The third-order valence-electron chi connectivity index (χ3n) is 2.03. The molecule has 0 amide bonds. The van der Waals surface area contributed by atoms with Gasteiger partial charge >= 0.3 is 0 Å². The van der Waals surface area contributed by atoms with Gasteiger partial charge in [-0.1, -0.05) is 11.6 Å². The molecule has 0 fully saturated rings. The zero-order chi connectivity index (χ0) is 11.3. The van der Waals surface area contributed by atoms with E-state index in [1.165, 1.54) is 0 Å². The van der Waals surface area contributed by atoms with Crippen molar-refractivity contribution >= 4 is 11.6 Å². The monoisotopic (exact) mass is 224 g/mol. The van der Waals surface area contributed by atoms with E-state index in [0.717, 1.165) is 11.3 Å². The zero-order valence-corrected chi connectivity index (χ0v) is 9.51. The first-order valence-electron chi connectivity index (χ1n) is 4.62. The highest BCUT2D eigenvalue weighted by atomic mass is 35.5. The van der Waals surface area contributed by atoms with Crippen LogP contribution in [0.2, 0.25) is 5.02 Å². The Balaban J connectivity index is 2.75. The van der Waals surface area contributed by atoms with Crippen molar-refractivity contribution in [3.05, 3.63) is 28.8 Å². The first-order chi connectivity index (χ1) is 7.17. The largest absolute Gasteiger partial charge is 0.496 e. The van der Waals surface area contributed by atoms with Crippen LogP contribution in [-0.4, -0.2) is 13.2 Å². The number of halogens is 1. The molecule has 0 bridgehead atoms. The fourth-order valence-corrected chi connectivity index (χ4v) is 1.39. The Morgan fingerprint density at radius 3 is 2.93 bits per heavy atom. The van der Waals surface area contributed by atoms with Crippen molar-refractivity contribution in [2.24, 2.45) is 0 Å². The molecule has 3 nitrogen and oxygen atoms in total. The van der Waals surface area contributed by atoms with Crippen molar-refractivity contribution in [3.8, 4) is 11.8 Å². The van der Waals surface area contributed by atoms with Crippen LogP contribution in [0, 0.1) is 11.3 Å². The molecule has 0 aliphatic heterocycles. The normalized spacial score (nSPS) is 11.9. The van der Waals surface area contributed by atoms with E-state index in [1.807, 2.05) is 12.1 Å². The summed E-state index contributed by atoms with van der Waals surface area (Å²) in [6.07, 6.45) is 0. The SMILES string of the molecule is COc1ccc(Cl)cc1CNC(C)C#N. The number of rotatable bonds is 4. The molecule has 0 radical (unpaired) electrons. The second-order valence-corrected chi connectivity index (χ2v) is 3.62. The van der Waals surface area contributed by atoms with E-state index in [9.17, 15) is 0 Å². The lowest BCUT2D eigenvalue weighted by Gasteiger charge is -2.10. The van der Waals surface area contributed by atoms with E-state index in [-0.39, 0.29) is 6.04 Å². The lowest BCUT2D eigenvalue weighted by atomic mass is 10.2. The first-order valence-corrected chi connectivity index (χ1v) is 5.00. The average molecular weight is 225 g/mol. The molecule has 1 aromatic carbocycles. The maximum atomic E-state index is 8.62. The van der Waals surface area contributed by atoms with Crippen molar-refractivity contribution in [1.82, 2.24) is 5.32 Å². The predicted octanol–water partition coefficient (Wildman–Crippen LogP) is 2.35. The summed E-state index contributed by atoms with van der Waals surface area (Å²) in [7, 11) is 1.61. The minimum Gasteiger partial charge on any atom is -0.496 e. The Morgan fingerprint density at radius 1 is 1.60 bits per heavy atom. The summed E-state index contributed by atoms with van der Waals surface area (Å²) in [5, 5.41) is 12.3. The second-order valence-electron chi connectivity index (χ2n) is 3.19. The molecular formula is C11H13ClN2O. The summed E-state index contributed by atoms with van der Waals surface area (Å²) < 4.78 is 5.18. The van der Waals surface area contributed by atoms with Crippen LogP contribution in [0.15, 0.2) is 18.2 Å². The summed E-state index contributed by atoms with van der Waals surface area (Å²) in [4.78, 5) is 0. The first kappa shape index (κ1) is 11.8. The van der Waals surface area contributed by atoms with Crippen LogP contribution in [0.3, 0.4) is 0 Å². The second kappa shape index (κ2) is 5.59. The highest BCUT2D eigenvalue weighted by molar-refractivity contribution is 6.30. The van der Waals surface area contributed by atoms with Crippen molar-refractivity contribution in [1.29, 1.82) is 5.26 Å². The summed E-state index contributed by atoms with van der Waals surface area (Å²) in [6, 6.07) is 7.34. The lowest BCUT2D eigenvalue weighted by Crippen LogP contribution is -2.23. The van der Waals surface area contributed by atoms with Crippen LogP contribution >= 0.6 is 11.6 Å². The molecule has 1 atom stereocenters. The molecule has 0 aromatic heterocycles. The van der Waals surface area contributed by atoms with E-state index in [2.05, 4.69) is 11.4 Å². The lowest BCUT2D eigenvalue weighted by molar-refractivity contribution is 0.407. The number of hydrogen-bond acceptors (Lipinski definition) is 3. The van der Waals surface area contributed by atoms with Crippen molar-refractivity contribution in [2.75, 3.05) is 7.11 Å². The summed E-state index contributed by atoms with van der Waals surface area (Å²) in [6.45, 7) is 2.37. The molecule has 15 heavy (non-hydrogen) atoms. The minimum absolute atomic E-state index is 0.186. The van der Waals surface area contributed by atoms with Crippen LogP contribution in [0.25, 0.3) is 0 Å². The Labute approximate surface area is 94.6 Å². The smallest absolute Gasteiger partial charge is 0.123 e. The van der Waals surface area contributed by atoms with Gasteiger partial charge in [-0.3, -0.25) is 5.32 Å². The predicted molar refractivity (Wildman–Crippen MR) is 59.9 cm³/mol. The van der Waals surface area contributed by atoms with Crippen molar-refractivity contribution in [3.63, 3.8) is 0 Å². The molecule has 1 N–H and O–H groups in total. The van der Waals surface area contributed by atoms with Crippen LogP contribution in [-0.2, 0) is 6.54 Å². The number of hydrogen-bond donors (Lipinski definition) is 1. The van der Waals surface area contributed by atoms with Crippen LogP contribution in [0.1, 0.15) is 12.5 Å². The van der Waals surface area contributed by atoms with E-state index >= 15 is 0 Å². The third-order valence-corrected chi connectivity index (χ3v) is 2.27. The van der Waals surface area contributed by atoms with Crippen LogP contribution in [0.4, 0.5) is 0 Å². The molecule has 1 rings (SSSR count). The van der Waals surface area contributed by atoms with Gasteiger partial charge in [0.05, 0.1) is 19.2 Å². The van der Waals surface area contributed by atoms with Crippen LogP contribution < -0.4 is 10.1 Å². The van der Waals surface area contributed by atoms with Gasteiger partial charge < -0.3 is 4.74 Å². The van der Waals surface area contributed by atoms with Crippen LogP contribution in [0.5, 0.6) is 5.75 Å². The van der Waals surface area contributed by atoms with Gasteiger partial charge in [0.1, 0.15) is 5.75 Å². The maximum Gasteiger partial charge on any atom is 0.123 e. The molecule has 1 aromatic rings. The Bertz CT molecular complexity index is 373. The van der Waals surface area contributed by atoms with Crippen molar-refractivity contribution < 1.29 is 4.74 Å². The standard InChI is InChI=1S/C11H13ClN2O/c1-8(6-13)14-7-9-5-10(12)3-4-11(9)15-2/h3-5,8,14H,7H2,1-2H3. The van der Waals surface area contributed by atoms with E-state index in [0.29, 0.717) is 11.6 Å². The number of nitrogens with zero attached hydrogens (tertiary/aromatic N) is 1. The molecular weight excluding hydrogens is 212 g/mol. The Morgan fingerprint density at radius 2 is 2.33 bits per heavy atom. The third kappa shape index (κ3) is 3.43. The molecule has 4 heteroatoms. The molecule has 0 aliphatic rings. The highest BCUT2D eigenvalue weighted by Gasteiger charge is 2.05. The topological polar surface area (TPSA) is 45.0 Å². The number of ether oxygens (including phenoxy) is 1. The molecule has 1 unspecified atom stereocenters. The quantitative estimate of drug-likeness (QED) is 0.854. The molecule has 0 saturated carbocycles. The van der Waals surface area contributed by atoms with Gasteiger partial charge in [0.2, 0.25) is 0 Å². The number of nitriles is 1. The van der Waals surface area contributed by atoms with Gasteiger partial charge in [0, 0.05) is 17.1 Å². The number of methoxy groups -OCH3 is 1. The maximum absolute atomic E-state index is 8.62. The minimum atomic E-state index is -0.186. The zero-order valence-electron chi connectivity index (χ0n) is 8.75. The number of nitrogens with one attached hydrogen (secondary N) is 1. The molecule has 0 saturated heterocycles. The van der Waals surface area contributed by atoms with Crippen molar-refractivity contribution in [2.45, 2.75) is 19.5 Å². The van der Waals surface area contributed by atoms with Gasteiger partial charge in [-0.2, -0.15) is 5.26 Å². The highest BCUT2D eigenvalue weighted by Crippen LogP contribution is 2.22. The van der Waals surface area contributed by atoms with Gasteiger partial charge in [-0.25, -0.2) is 0 Å². The van der Waals surface area contributed by atoms with Gasteiger partial charge in [-0.05, 0) is 25.1 Å². The summed E-state index contributed by atoms with van der Waals surface area (Å²) in [5.74, 6) is 0.775. The van der Waals surface area contributed by atoms with Gasteiger partial charge in [0.25, 0.3) is 0 Å². The molecule has 0 heterocycles. The summed E-state index contributed by atoms with van der Waals surface area (Å²) >= 11 is 5.87.